The number of amides is 1. The van der Waals surface area contributed by atoms with Crippen LogP contribution in [0.3, 0.4) is 0 Å². The van der Waals surface area contributed by atoms with Gasteiger partial charge in [0.1, 0.15) is 5.82 Å². The van der Waals surface area contributed by atoms with Gasteiger partial charge in [-0.1, -0.05) is 0 Å². The fourth-order valence-corrected chi connectivity index (χ4v) is 5.07. The summed E-state index contributed by atoms with van der Waals surface area (Å²) in [5.74, 6) is -0.188. The molecule has 3 rings (SSSR count). The summed E-state index contributed by atoms with van der Waals surface area (Å²) < 4.78 is 38.1. The van der Waals surface area contributed by atoms with Gasteiger partial charge in [-0.15, -0.1) is 0 Å². The number of anilines is 1. The van der Waals surface area contributed by atoms with Gasteiger partial charge in [-0.3, -0.25) is 9.48 Å². The second-order valence-corrected chi connectivity index (χ2v) is 8.93. The number of aryl methyl sites for hydroxylation is 1. The van der Waals surface area contributed by atoms with Crippen LogP contribution in [0.25, 0.3) is 0 Å². The summed E-state index contributed by atoms with van der Waals surface area (Å²) >= 11 is 0. The Hall–Kier alpha value is -2.22. The highest BCUT2D eigenvalue weighted by atomic mass is 32.2. The standard InChI is InChI=1S/C18H22FN3O3S/c1-12-17(7-8-18(23)20-15-5-3-14(19)4-6-15)13(2)22(21-12)16-9-10-26(24,25)11-16/h3-6,16H,7-11H2,1-2H3,(H,20,23)/t16-/m1/s1. The zero-order valence-corrected chi connectivity index (χ0v) is 15.6. The summed E-state index contributed by atoms with van der Waals surface area (Å²) in [4.78, 5) is 12.1. The van der Waals surface area contributed by atoms with E-state index in [4.69, 9.17) is 0 Å². The van der Waals surface area contributed by atoms with Crippen molar-refractivity contribution in [2.45, 2.75) is 39.2 Å². The van der Waals surface area contributed by atoms with Crippen LogP contribution >= 0.6 is 0 Å². The van der Waals surface area contributed by atoms with E-state index in [1.807, 2.05) is 13.8 Å². The minimum absolute atomic E-state index is 0.124. The van der Waals surface area contributed by atoms with Gasteiger partial charge in [0.05, 0.1) is 23.2 Å². The van der Waals surface area contributed by atoms with Crippen molar-refractivity contribution in [2.75, 3.05) is 16.8 Å². The van der Waals surface area contributed by atoms with Crippen LogP contribution in [0, 0.1) is 19.7 Å². The third kappa shape index (κ3) is 4.12. The fraction of sp³-hybridized carbons (Fsp3) is 0.444. The van der Waals surface area contributed by atoms with E-state index in [9.17, 15) is 17.6 Å². The fourth-order valence-electron chi connectivity index (χ4n) is 3.38. The molecule has 8 heteroatoms. The van der Waals surface area contributed by atoms with Crippen molar-refractivity contribution in [3.63, 3.8) is 0 Å². The predicted molar refractivity (Wildman–Crippen MR) is 97.4 cm³/mol. The number of carbonyl (C=O) groups excluding carboxylic acids is 1. The molecular weight excluding hydrogens is 357 g/mol. The molecule has 1 aromatic heterocycles. The van der Waals surface area contributed by atoms with Gasteiger partial charge in [0.2, 0.25) is 5.91 Å². The first kappa shape index (κ1) is 18.6. The van der Waals surface area contributed by atoms with E-state index < -0.39 is 9.84 Å². The van der Waals surface area contributed by atoms with Crippen LogP contribution in [0.15, 0.2) is 24.3 Å². The van der Waals surface area contributed by atoms with E-state index in [2.05, 4.69) is 10.4 Å². The molecule has 1 fully saturated rings. The van der Waals surface area contributed by atoms with Crippen LogP contribution < -0.4 is 5.32 Å². The summed E-state index contributed by atoms with van der Waals surface area (Å²) in [6.07, 6.45) is 1.37. The van der Waals surface area contributed by atoms with E-state index in [1.165, 1.54) is 24.3 Å². The summed E-state index contributed by atoms with van der Waals surface area (Å²) in [7, 11) is -2.98. The quantitative estimate of drug-likeness (QED) is 0.866. The lowest BCUT2D eigenvalue weighted by Crippen LogP contribution is -2.14. The molecule has 0 unspecified atom stereocenters. The highest BCUT2D eigenvalue weighted by Crippen LogP contribution is 2.27. The molecule has 6 nitrogen and oxygen atoms in total. The van der Waals surface area contributed by atoms with Crippen LogP contribution in [-0.4, -0.2) is 35.6 Å². The molecule has 1 aliphatic rings. The van der Waals surface area contributed by atoms with Crippen molar-refractivity contribution in [3.05, 3.63) is 47.0 Å². The molecule has 2 heterocycles. The molecule has 1 aliphatic heterocycles. The molecule has 1 saturated heterocycles. The molecule has 0 spiro atoms. The van der Waals surface area contributed by atoms with Gasteiger partial charge in [-0.2, -0.15) is 5.10 Å². The van der Waals surface area contributed by atoms with E-state index in [-0.39, 0.29) is 35.7 Å². The van der Waals surface area contributed by atoms with Gasteiger partial charge in [-0.25, -0.2) is 12.8 Å². The van der Waals surface area contributed by atoms with Crippen molar-refractivity contribution in [2.24, 2.45) is 0 Å². The molecule has 1 amide bonds. The number of hydrogen-bond acceptors (Lipinski definition) is 4. The Balaban J connectivity index is 1.65. The molecule has 0 aliphatic carbocycles. The van der Waals surface area contributed by atoms with Crippen LogP contribution in [0.5, 0.6) is 0 Å². The number of hydrogen-bond donors (Lipinski definition) is 1. The van der Waals surface area contributed by atoms with E-state index in [0.717, 1.165) is 17.0 Å². The highest BCUT2D eigenvalue weighted by molar-refractivity contribution is 7.91. The first-order chi connectivity index (χ1) is 12.2. The second-order valence-electron chi connectivity index (χ2n) is 6.71. The van der Waals surface area contributed by atoms with Crippen molar-refractivity contribution >= 4 is 21.4 Å². The summed E-state index contributed by atoms with van der Waals surface area (Å²) in [5.41, 5.74) is 3.26. The Labute approximate surface area is 152 Å². The maximum atomic E-state index is 12.9. The number of nitrogens with one attached hydrogen (secondary N) is 1. The maximum Gasteiger partial charge on any atom is 0.224 e. The Morgan fingerprint density at radius 1 is 1.31 bits per heavy atom. The van der Waals surface area contributed by atoms with Crippen LogP contribution in [0.2, 0.25) is 0 Å². The van der Waals surface area contributed by atoms with Crippen molar-refractivity contribution < 1.29 is 17.6 Å². The first-order valence-electron chi connectivity index (χ1n) is 8.55. The lowest BCUT2D eigenvalue weighted by molar-refractivity contribution is -0.116. The van der Waals surface area contributed by atoms with Crippen LogP contribution in [0.4, 0.5) is 10.1 Å². The lowest BCUT2D eigenvalue weighted by Gasteiger charge is -2.11. The predicted octanol–water partition coefficient (Wildman–Crippen LogP) is 2.57. The number of sulfone groups is 1. The summed E-state index contributed by atoms with van der Waals surface area (Å²) in [5, 5.41) is 7.25. The molecule has 0 saturated carbocycles. The molecular formula is C18H22FN3O3S. The minimum Gasteiger partial charge on any atom is -0.326 e. The first-order valence-corrected chi connectivity index (χ1v) is 10.4. The number of rotatable bonds is 5. The Morgan fingerprint density at radius 3 is 2.62 bits per heavy atom. The van der Waals surface area contributed by atoms with Gasteiger partial charge in [0, 0.05) is 17.8 Å². The second kappa shape index (κ2) is 7.19. The van der Waals surface area contributed by atoms with Crippen LogP contribution in [-0.2, 0) is 21.1 Å². The molecule has 26 heavy (non-hydrogen) atoms. The Kier molecular flexibility index (Phi) is 5.13. The van der Waals surface area contributed by atoms with Gasteiger partial charge in [-0.05, 0) is 56.5 Å². The average Bonchev–Trinajstić information content (AvgIpc) is 3.07. The average molecular weight is 379 g/mol. The monoisotopic (exact) mass is 379 g/mol. The topological polar surface area (TPSA) is 81.1 Å². The molecule has 1 atom stereocenters. The van der Waals surface area contributed by atoms with Crippen LogP contribution in [0.1, 0.15) is 35.8 Å². The minimum atomic E-state index is -2.98. The number of halogens is 1. The molecule has 1 N–H and O–H groups in total. The molecule has 0 radical (unpaired) electrons. The largest absolute Gasteiger partial charge is 0.326 e. The third-order valence-corrected chi connectivity index (χ3v) is 6.51. The van der Waals surface area contributed by atoms with Crippen molar-refractivity contribution in [3.8, 4) is 0 Å². The van der Waals surface area contributed by atoms with E-state index >= 15 is 0 Å². The molecule has 2 aromatic rings. The number of nitrogens with zero attached hydrogens (tertiary/aromatic N) is 2. The molecule has 0 bridgehead atoms. The van der Waals surface area contributed by atoms with Gasteiger partial charge in [0.25, 0.3) is 0 Å². The van der Waals surface area contributed by atoms with E-state index in [1.54, 1.807) is 4.68 Å². The number of benzene rings is 1. The van der Waals surface area contributed by atoms with Gasteiger partial charge < -0.3 is 5.32 Å². The number of carbonyl (C=O) groups is 1. The summed E-state index contributed by atoms with van der Waals surface area (Å²) in [6.45, 7) is 3.79. The molecule has 140 valence electrons. The lowest BCUT2D eigenvalue weighted by atomic mass is 10.1. The smallest absolute Gasteiger partial charge is 0.224 e. The van der Waals surface area contributed by atoms with Gasteiger partial charge in [0.15, 0.2) is 9.84 Å². The van der Waals surface area contributed by atoms with Crippen molar-refractivity contribution in [1.82, 2.24) is 9.78 Å². The zero-order chi connectivity index (χ0) is 18.9. The third-order valence-electron chi connectivity index (χ3n) is 4.76. The number of aromatic nitrogens is 2. The van der Waals surface area contributed by atoms with Crippen molar-refractivity contribution in [1.29, 1.82) is 0 Å². The SMILES string of the molecule is Cc1nn([C@@H]2CCS(=O)(=O)C2)c(C)c1CCC(=O)Nc1ccc(F)cc1. The highest BCUT2D eigenvalue weighted by Gasteiger charge is 2.31. The van der Waals surface area contributed by atoms with Gasteiger partial charge >= 0.3 is 0 Å². The zero-order valence-electron chi connectivity index (χ0n) is 14.8. The Morgan fingerprint density at radius 2 is 2.00 bits per heavy atom. The normalized spacial score (nSPS) is 18.8. The van der Waals surface area contributed by atoms with E-state index in [0.29, 0.717) is 18.5 Å². The Bertz CT molecular complexity index is 920. The summed E-state index contributed by atoms with van der Waals surface area (Å²) in [6, 6.07) is 5.50. The maximum absolute atomic E-state index is 12.9. The molecule has 1 aromatic carbocycles.